The third kappa shape index (κ3) is 2.28. The van der Waals surface area contributed by atoms with Crippen molar-refractivity contribution >= 4 is 17.4 Å². The van der Waals surface area contributed by atoms with E-state index in [0.29, 0.717) is 6.04 Å². The highest BCUT2D eigenvalue weighted by molar-refractivity contribution is 5.89. The standard InChI is InChI=1S/C14H19N3O/c1-15-14(18)17-11-5-3-10(4-6-11)16-13-7-2-9-8-12(9)13/h3-6,9,12-13,16H,2,7-8H2,1H3,(H2,15,17,18). The number of hydrogen-bond donors (Lipinski definition) is 3. The van der Waals surface area contributed by atoms with E-state index in [4.69, 9.17) is 0 Å². The van der Waals surface area contributed by atoms with E-state index in [1.807, 2.05) is 24.3 Å². The normalized spacial score (nSPS) is 28.4. The third-order valence-electron chi connectivity index (χ3n) is 4.06. The first-order valence-corrected chi connectivity index (χ1v) is 6.61. The Morgan fingerprint density at radius 3 is 2.44 bits per heavy atom. The first-order chi connectivity index (χ1) is 8.76. The van der Waals surface area contributed by atoms with E-state index in [1.165, 1.54) is 19.3 Å². The Kier molecular flexibility index (Phi) is 2.86. The van der Waals surface area contributed by atoms with Gasteiger partial charge in [-0.25, -0.2) is 4.79 Å². The molecule has 4 nitrogen and oxygen atoms in total. The molecule has 0 saturated heterocycles. The summed E-state index contributed by atoms with van der Waals surface area (Å²) < 4.78 is 0. The van der Waals surface area contributed by atoms with Crippen LogP contribution in [0.5, 0.6) is 0 Å². The summed E-state index contributed by atoms with van der Waals surface area (Å²) in [5.74, 6) is 1.91. The Balaban J connectivity index is 1.58. The molecule has 2 amide bonds. The second-order valence-corrected chi connectivity index (χ2v) is 5.27. The van der Waals surface area contributed by atoms with Crippen molar-refractivity contribution in [3.8, 4) is 0 Å². The van der Waals surface area contributed by atoms with Crippen molar-refractivity contribution in [1.29, 1.82) is 0 Å². The summed E-state index contributed by atoms with van der Waals surface area (Å²) in [5, 5.41) is 8.88. The van der Waals surface area contributed by atoms with Gasteiger partial charge in [0.1, 0.15) is 0 Å². The average molecular weight is 245 g/mol. The summed E-state index contributed by atoms with van der Waals surface area (Å²) in [6, 6.07) is 8.38. The number of carbonyl (C=O) groups excluding carboxylic acids is 1. The van der Waals surface area contributed by atoms with Crippen molar-refractivity contribution in [2.45, 2.75) is 25.3 Å². The molecular weight excluding hydrogens is 226 g/mol. The molecule has 2 saturated carbocycles. The Labute approximate surface area is 107 Å². The van der Waals surface area contributed by atoms with Gasteiger partial charge in [-0.2, -0.15) is 0 Å². The van der Waals surface area contributed by atoms with Crippen molar-refractivity contribution in [2.24, 2.45) is 11.8 Å². The van der Waals surface area contributed by atoms with Crippen LogP contribution in [0.15, 0.2) is 24.3 Å². The fourth-order valence-electron chi connectivity index (χ4n) is 2.94. The highest BCUT2D eigenvalue weighted by Gasteiger charge is 2.47. The van der Waals surface area contributed by atoms with Gasteiger partial charge < -0.3 is 16.0 Å². The lowest BCUT2D eigenvalue weighted by atomic mass is 10.1. The number of urea groups is 1. The van der Waals surface area contributed by atoms with Crippen molar-refractivity contribution in [3.05, 3.63) is 24.3 Å². The molecule has 2 fully saturated rings. The first-order valence-electron chi connectivity index (χ1n) is 6.61. The van der Waals surface area contributed by atoms with Gasteiger partial charge in [-0.05, 0) is 55.4 Å². The van der Waals surface area contributed by atoms with Crippen LogP contribution in [-0.4, -0.2) is 19.1 Å². The Hall–Kier alpha value is -1.71. The molecule has 3 atom stereocenters. The predicted octanol–water partition coefficient (Wildman–Crippen LogP) is 2.65. The highest BCUT2D eigenvalue weighted by Crippen LogP contribution is 2.52. The number of hydrogen-bond acceptors (Lipinski definition) is 2. The minimum absolute atomic E-state index is 0.188. The molecule has 3 unspecified atom stereocenters. The molecule has 0 bridgehead atoms. The van der Waals surface area contributed by atoms with Crippen molar-refractivity contribution < 1.29 is 4.79 Å². The molecular formula is C14H19N3O. The molecule has 1 aromatic carbocycles. The van der Waals surface area contributed by atoms with Crippen molar-refractivity contribution in [1.82, 2.24) is 5.32 Å². The van der Waals surface area contributed by atoms with Crippen LogP contribution in [0.3, 0.4) is 0 Å². The molecule has 96 valence electrons. The van der Waals surface area contributed by atoms with Gasteiger partial charge in [0.25, 0.3) is 0 Å². The number of fused-ring (bicyclic) bond motifs is 1. The summed E-state index contributed by atoms with van der Waals surface area (Å²) in [6.07, 6.45) is 4.10. The predicted molar refractivity (Wildman–Crippen MR) is 72.8 cm³/mol. The number of rotatable bonds is 3. The largest absolute Gasteiger partial charge is 0.382 e. The van der Waals surface area contributed by atoms with Crippen LogP contribution in [0.4, 0.5) is 16.2 Å². The molecule has 3 N–H and O–H groups in total. The van der Waals surface area contributed by atoms with Crippen LogP contribution < -0.4 is 16.0 Å². The average Bonchev–Trinajstić information content (AvgIpc) is 3.08. The van der Waals surface area contributed by atoms with Crippen LogP contribution in [0.2, 0.25) is 0 Å². The van der Waals surface area contributed by atoms with Crippen molar-refractivity contribution in [3.63, 3.8) is 0 Å². The van der Waals surface area contributed by atoms with E-state index in [0.717, 1.165) is 23.2 Å². The van der Waals surface area contributed by atoms with Crippen LogP contribution in [-0.2, 0) is 0 Å². The van der Waals surface area contributed by atoms with Gasteiger partial charge in [0.05, 0.1) is 0 Å². The lowest BCUT2D eigenvalue weighted by molar-refractivity contribution is 0.254. The van der Waals surface area contributed by atoms with Gasteiger partial charge in [-0.1, -0.05) is 0 Å². The van der Waals surface area contributed by atoms with Gasteiger partial charge in [-0.15, -0.1) is 0 Å². The number of carbonyl (C=O) groups is 1. The lowest BCUT2D eigenvalue weighted by Gasteiger charge is -2.16. The fraction of sp³-hybridized carbons (Fsp3) is 0.500. The van der Waals surface area contributed by atoms with Crippen LogP contribution >= 0.6 is 0 Å². The summed E-state index contributed by atoms with van der Waals surface area (Å²) in [4.78, 5) is 11.2. The van der Waals surface area contributed by atoms with E-state index in [9.17, 15) is 4.79 Å². The van der Waals surface area contributed by atoms with Crippen molar-refractivity contribution in [2.75, 3.05) is 17.7 Å². The minimum Gasteiger partial charge on any atom is -0.382 e. The smallest absolute Gasteiger partial charge is 0.318 e. The van der Waals surface area contributed by atoms with Gasteiger partial charge in [0.15, 0.2) is 0 Å². The number of anilines is 2. The zero-order chi connectivity index (χ0) is 12.5. The molecule has 2 aliphatic rings. The SMILES string of the molecule is CNC(=O)Nc1ccc(NC2CCC3CC32)cc1. The maximum Gasteiger partial charge on any atom is 0.318 e. The molecule has 0 spiro atoms. The summed E-state index contributed by atoms with van der Waals surface area (Å²) in [5.41, 5.74) is 1.96. The van der Waals surface area contributed by atoms with E-state index in [-0.39, 0.29) is 6.03 Å². The second-order valence-electron chi connectivity index (χ2n) is 5.27. The molecule has 2 aliphatic carbocycles. The Bertz CT molecular complexity index is 443. The fourth-order valence-corrected chi connectivity index (χ4v) is 2.94. The third-order valence-corrected chi connectivity index (χ3v) is 4.06. The number of nitrogens with one attached hydrogen (secondary N) is 3. The molecule has 0 heterocycles. The zero-order valence-corrected chi connectivity index (χ0v) is 10.6. The maximum absolute atomic E-state index is 11.2. The van der Waals surface area contributed by atoms with Gasteiger partial charge in [0.2, 0.25) is 0 Å². The monoisotopic (exact) mass is 245 g/mol. The number of amides is 2. The molecule has 3 rings (SSSR count). The van der Waals surface area contributed by atoms with Gasteiger partial charge >= 0.3 is 6.03 Å². The van der Waals surface area contributed by atoms with Crippen LogP contribution in [0.1, 0.15) is 19.3 Å². The Morgan fingerprint density at radius 1 is 1.17 bits per heavy atom. The lowest BCUT2D eigenvalue weighted by Crippen LogP contribution is -2.24. The quantitative estimate of drug-likeness (QED) is 0.766. The van der Waals surface area contributed by atoms with Crippen LogP contribution in [0, 0.1) is 11.8 Å². The van der Waals surface area contributed by atoms with Crippen LogP contribution in [0.25, 0.3) is 0 Å². The highest BCUT2D eigenvalue weighted by atomic mass is 16.2. The minimum atomic E-state index is -0.188. The molecule has 1 aromatic rings. The summed E-state index contributed by atoms with van der Waals surface area (Å²) in [6.45, 7) is 0. The first kappa shape index (κ1) is 11.4. The topological polar surface area (TPSA) is 53.2 Å². The summed E-state index contributed by atoms with van der Waals surface area (Å²) in [7, 11) is 1.61. The van der Waals surface area contributed by atoms with E-state index in [1.54, 1.807) is 7.05 Å². The molecule has 18 heavy (non-hydrogen) atoms. The van der Waals surface area contributed by atoms with Gasteiger partial charge in [0, 0.05) is 24.5 Å². The molecule has 0 aliphatic heterocycles. The molecule has 0 aromatic heterocycles. The van der Waals surface area contributed by atoms with Gasteiger partial charge in [-0.3, -0.25) is 0 Å². The zero-order valence-electron chi connectivity index (χ0n) is 10.6. The van der Waals surface area contributed by atoms with E-state index in [2.05, 4.69) is 16.0 Å². The molecule has 0 radical (unpaired) electrons. The van der Waals surface area contributed by atoms with E-state index < -0.39 is 0 Å². The Morgan fingerprint density at radius 2 is 1.89 bits per heavy atom. The number of benzene rings is 1. The molecule has 4 heteroatoms. The van der Waals surface area contributed by atoms with E-state index >= 15 is 0 Å². The maximum atomic E-state index is 11.2. The second kappa shape index (κ2) is 4.52. The summed E-state index contributed by atoms with van der Waals surface area (Å²) >= 11 is 0.